The molecule has 0 radical (unpaired) electrons. The van der Waals surface area contributed by atoms with Crippen molar-refractivity contribution in [2.45, 2.75) is 32.5 Å². The molecule has 1 aliphatic rings. The van der Waals surface area contributed by atoms with E-state index in [0.29, 0.717) is 13.1 Å². The third-order valence-electron chi connectivity index (χ3n) is 4.09. The molecule has 1 fully saturated rings. The van der Waals surface area contributed by atoms with E-state index in [1.807, 2.05) is 30.9 Å². The molecule has 1 aromatic carbocycles. The highest BCUT2D eigenvalue weighted by Gasteiger charge is 2.36. The molecule has 1 atom stereocenters. The van der Waals surface area contributed by atoms with Gasteiger partial charge in [0.25, 0.3) is 0 Å². The SMILES string of the molecule is COc1c(C)cc([C@H](CC(F)(F)F)N2CCNCC2)cc1C. The molecule has 0 saturated carbocycles. The van der Waals surface area contributed by atoms with Gasteiger partial charge in [0.2, 0.25) is 0 Å². The number of aryl methyl sites for hydroxylation is 2. The number of nitrogens with one attached hydrogen (secondary N) is 1. The largest absolute Gasteiger partial charge is 0.496 e. The predicted molar refractivity (Wildman–Crippen MR) is 80.3 cm³/mol. The molecular weight excluding hydrogens is 293 g/mol. The maximum atomic E-state index is 13.0. The summed E-state index contributed by atoms with van der Waals surface area (Å²) in [6.07, 6.45) is -5.00. The van der Waals surface area contributed by atoms with Gasteiger partial charge in [0.15, 0.2) is 0 Å². The van der Waals surface area contributed by atoms with Crippen LogP contribution >= 0.6 is 0 Å². The van der Waals surface area contributed by atoms with Gasteiger partial charge in [0.1, 0.15) is 5.75 Å². The fourth-order valence-corrected chi connectivity index (χ4v) is 3.17. The van der Waals surface area contributed by atoms with Crippen LogP contribution in [0.25, 0.3) is 0 Å². The number of hydrogen-bond acceptors (Lipinski definition) is 3. The first-order chi connectivity index (χ1) is 10.3. The maximum absolute atomic E-state index is 13.0. The zero-order valence-electron chi connectivity index (χ0n) is 13.3. The first kappa shape index (κ1) is 17.1. The van der Waals surface area contributed by atoms with E-state index in [9.17, 15) is 13.2 Å². The van der Waals surface area contributed by atoms with Gasteiger partial charge in [-0.2, -0.15) is 13.2 Å². The molecule has 0 aromatic heterocycles. The number of halogens is 3. The number of ether oxygens (including phenoxy) is 1. The Kier molecular flexibility index (Phi) is 5.34. The van der Waals surface area contributed by atoms with Gasteiger partial charge >= 0.3 is 6.18 Å². The molecule has 0 unspecified atom stereocenters. The van der Waals surface area contributed by atoms with Gasteiger partial charge in [-0.05, 0) is 30.5 Å². The summed E-state index contributed by atoms with van der Waals surface area (Å²) in [4.78, 5) is 1.92. The van der Waals surface area contributed by atoms with Crippen molar-refractivity contribution in [2.24, 2.45) is 0 Å². The van der Waals surface area contributed by atoms with Crippen molar-refractivity contribution < 1.29 is 17.9 Å². The van der Waals surface area contributed by atoms with Crippen LogP contribution in [0.3, 0.4) is 0 Å². The van der Waals surface area contributed by atoms with Gasteiger partial charge in [-0.3, -0.25) is 4.90 Å². The van der Waals surface area contributed by atoms with Crippen LogP contribution in [0.4, 0.5) is 13.2 Å². The lowest BCUT2D eigenvalue weighted by molar-refractivity contribution is -0.148. The first-order valence-electron chi connectivity index (χ1n) is 7.48. The summed E-state index contributed by atoms with van der Waals surface area (Å²) >= 11 is 0. The van der Waals surface area contributed by atoms with E-state index < -0.39 is 18.6 Å². The summed E-state index contributed by atoms with van der Waals surface area (Å²) in [7, 11) is 1.58. The van der Waals surface area contributed by atoms with Crippen molar-refractivity contribution in [1.82, 2.24) is 10.2 Å². The Morgan fingerprint density at radius 1 is 1.18 bits per heavy atom. The van der Waals surface area contributed by atoms with Gasteiger partial charge in [-0.25, -0.2) is 0 Å². The van der Waals surface area contributed by atoms with E-state index in [0.717, 1.165) is 35.5 Å². The maximum Gasteiger partial charge on any atom is 0.390 e. The fraction of sp³-hybridized carbons (Fsp3) is 0.625. The van der Waals surface area contributed by atoms with E-state index >= 15 is 0 Å². The van der Waals surface area contributed by atoms with Crippen molar-refractivity contribution in [3.05, 3.63) is 28.8 Å². The highest BCUT2D eigenvalue weighted by Crippen LogP contribution is 2.36. The molecule has 6 heteroatoms. The minimum atomic E-state index is -4.18. The summed E-state index contributed by atoms with van der Waals surface area (Å²) in [5, 5.41) is 3.18. The molecule has 1 aliphatic heterocycles. The third kappa shape index (κ3) is 4.14. The molecule has 1 heterocycles. The number of rotatable bonds is 4. The summed E-state index contributed by atoms with van der Waals surface area (Å²) in [5.74, 6) is 0.745. The molecule has 124 valence electrons. The molecule has 1 N–H and O–H groups in total. The summed E-state index contributed by atoms with van der Waals surface area (Å²) < 4.78 is 44.4. The topological polar surface area (TPSA) is 24.5 Å². The Hall–Kier alpha value is -1.27. The van der Waals surface area contributed by atoms with Crippen molar-refractivity contribution in [3.8, 4) is 5.75 Å². The number of benzene rings is 1. The number of alkyl halides is 3. The lowest BCUT2D eigenvalue weighted by Gasteiger charge is -2.36. The molecule has 0 aliphatic carbocycles. The highest BCUT2D eigenvalue weighted by molar-refractivity contribution is 5.44. The lowest BCUT2D eigenvalue weighted by atomic mass is 9.96. The molecule has 0 bridgehead atoms. The fourth-order valence-electron chi connectivity index (χ4n) is 3.17. The van der Waals surface area contributed by atoms with Crippen LogP contribution in [-0.4, -0.2) is 44.4 Å². The lowest BCUT2D eigenvalue weighted by Crippen LogP contribution is -2.46. The van der Waals surface area contributed by atoms with Gasteiger partial charge in [0.05, 0.1) is 13.5 Å². The molecule has 1 saturated heterocycles. The predicted octanol–water partition coefficient (Wildman–Crippen LogP) is 3.21. The molecular formula is C16H23F3N2O. The Morgan fingerprint density at radius 3 is 2.18 bits per heavy atom. The van der Waals surface area contributed by atoms with Crippen molar-refractivity contribution in [3.63, 3.8) is 0 Å². The molecule has 0 spiro atoms. The van der Waals surface area contributed by atoms with E-state index in [1.54, 1.807) is 7.11 Å². The van der Waals surface area contributed by atoms with E-state index in [2.05, 4.69) is 5.32 Å². The van der Waals surface area contributed by atoms with Crippen molar-refractivity contribution in [2.75, 3.05) is 33.3 Å². The smallest absolute Gasteiger partial charge is 0.390 e. The quantitative estimate of drug-likeness (QED) is 0.923. The monoisotopic (exact) mass is 316 g/mol. The average molecular weight is 316 g/mol. The zero-order valence-corrected chi connectivity index (χ0v) is 13.3. The molecule has 3 nitrogen and oxygen atoms in total. The van der Waals surface area contributed by atoms with Crippen molar-refractivity contribution in [1.29, 1.82) is 0 Å². The van der Waals surface area contributed by atoms with Crippen LogP contribution in [-0.2, 0) is 0 Å². The van der Waals surface area contributed by atoms with Crippen LogP contribution < -0.4 is 10.1 Å². The van der Waals surface area contributed by atoms with Crippen molar-refractivity contribution >= 4 is 0 Å². The van der Waals surface area contributed by atoms with Gasteiger partial charge in [0, 0.05) is 32.2 Å². The number of piperazine rings is 1. The van der Waals surface area contributed by atoms with Crippen LogP contribution in [0.15, 0.2) is 12.1 Å². The minimum absolute atomic E-state index is 0.630. The van der Waals surface area contributed by atoms with Gasteiger partial charge < -0.3 is 10.1 Å². The van der Waals surface area contributed by atoms with Gasteiger partial charge in [-0.15, -0.1) is 0 Å². The van der Waals surface area contributed by atoms with Crippen LogP contribution in [0.2, 0.25) is 0 Å². The normalized spacial score (nSPS) is 18.3. The van der Waals surface area contributed by atoms with Crippen LogP contribution in [0.1, 0.15) is 29.2 Å². The summed E-state index contributed by atoms with van der Waals surface area (Å²) in [5.41, 5.74) is 2.47. The van der Waals surface area contributed by atoms with Gasteiger partial charge in [-0.1, -0.05) is 12.1 Å². The highest BCUT2D eigenvalue weighted by atomic mass is 19.4. The van der Waals surface area contributed by atoms with Crippen LogP contribution in [0.5, 0.6) is 5.75 Å². The summed E-state index contributed by atoms with van der Waals surface area (Å²) in [6, 6.07) is 3.01. The van der Waals surface area contributed by atoms with E-state index in [-0.39, 0.29) is 0 Å². The van der Waals surface area contributed by atoms with E-state index in [4.69, 9.17) is 4.74 Å². The van der Waals surface area contributed by atoms with Crippen LogP contribution in [0, 0.1) is 13.8 Å². The molecule has 2 rings (SSSR count). The molecule has 22 heavy (non-hydrogen) atoms. The zero-order chi connectivity index (χ0) is 16.3. The minimum Gasteiger partial charge on any atom is -0.496 e. The molecule has 0 amide bonds. The number of nitrogens with zero attached hydrogens (tertiary/aromatic N) is 1. The second-order valence-corrected chi connectivity index (χ2v) is 5.81. The number of hydrogen-bond donors (Lipinski definition) is 1. The third-order valence-corrected chi connectivity index (χ3v) is 4.09. The Labute approximate surface area is 129 Å². The molecule has 1 aromatic rings. The summed E-state index contributed by atoms with van der Waals surface area (Å²) in [6.45, 7) is 6.45. The second kappa shape index (κ2) is 6.87. The Bertz CT molecular complexity index is 488. The Morgan fingerprint density at radius 2 is 1.73 bits per heavy atom. The van der Waals surface area contributed by atoms with E-state index in [1.165, 1.54) is 0 Å². The number of methoxy groups -OCH3 is 1. The second-order valence-electron chi connectivity index (χ2n) is 5.81. The Balaban J connectivity index is 2.35. The first-order valence-corrected chi connectivity index (χ1v) is 7.48. The average Bonchev–Trinajstić information content (AvgIpc) is 2.44. The standard InChI is InChI=1S/C16H23F3N2O/c1-11-8-13(9-12(2)15(11)22-3)14(10-16(17,18)19)21-6-4-20-5-7-21/h8-9,14,20H,4-7,10H2,1-3H3/t14-/m0/s1.